The Morgan fingerprint density at radius 1 is 1.23 bits per heavy atom. The quantitative estimate of drug-likeness (QED) is 0.808. The van der Waals surface area contributed by atoms with Crippen LogP contribution in [0.1, 0.15) is 36.5 Å². The van der Waals surface area contributed by atoms with Gasteiger partial charge in [0.15, 0.2) is 0 Å². The third-order valence-electron chi connectivity index (χ3n) is 3.49. The molecule has 0 unspecified atom stereocenters. The van der Waals surface area contributed by atoms with Crippen LogP contribution in [0.25, 0.3) is 0 Å². The van der Waals surface area contributed by atoms with Crippen molar-refractivity contribution >= 4 is 23.5 Å². The highest BCUT2D eigenvalue weighted by Crippen LogP contribution is 2.19. The molecule has 118 valence electrons. The van der Waals surface area contributed by atoms with Crippen molar-refractivity contribution in [1.82, 2.24) is 5.32 Å². The minimum atomic E-state index is -0.426. The second kappa shape index (κ2) is 7.06. The van der Waals surface area contributed by atoms with Gasteiger partial charge in [-0.2, -0.15) is 0 Å². The Bertz CT molecular complexity index is 564. The fraction of sp³-hybridized carbons (Fsp3) is 0.438. The van der Waals surface area contributed by atoms with Crippen molar-refractivity contribution in [2.45, 2.75) is 32.2 Å². The Balaban J connectivity index is 1.98. The number of amides is 2. The number of anilines is 1. The van der Waals surface area contributed by atoms with E-state index in [1.807, 2.05) is 0 Å². The van der Waals surface area contributed by atoms with Gasteiger partial charge in [0.25, 0.3) is 0 Å². The summed E-state index contributed by atoms with van der Waals surface area (Å²) in [6.45, 7) is 1.76. The predicted octanol–water partition coefficient (Wildman–Crippen LogP) is 1.49. The smallest absolute Gasteiger partial charge is 0.337 e. The van der Waals surface area contributed by atoms with Crippen molar-refractivity contribution in [3.8, 4) is 0 Å². The molecule has 0 saturated heterocycles. The van der Waals surface area contributed by atoms with Crippen LogP contribution in [0.5, 0.6) is 0 Å². The number of carbonyl (C=O) groups is 3. The molecule has 2 rings (SSSR count). The van der Waals surface area contributed by atoms with Gasteiger partial charge >= 0.3 is 5.97 Å². The maximum atomic E-state index is 11.8. The molecule has 1 aliphatic rings. The zero-order valence-corrected chi connectivity index (χ0v) is 12.8. The third kappa shape index (κ3) is 4.31. The summed E-state index contributed by atoms with van der Waals surface area (Å²) in [7, 11) is 1.32. The highest BCUT2D eigenvalue weighted by Gasteiger charge is 2.23. The molecule has 0 aliphatic heterocycles. The summed E-state index contributed by atoms with van der Waals surface area (Å²) < 4.78 is 4.63. The zero-order chi connectivity index (χ0) is 16.1. The third-order valence-corrected chi connectivity index (χ3v) is 3.49. The average Bonchev–Trinajstić information content (AvgIpc) is 3.31. The lowest BCUT2D eigenvalue weighted by molar-refractivity contribution is -0.121. The van der Waals surface area contributed by atoms with Crippen LogP contribution in [0, 0.1) is 0 Å². The van der Waals surface area contributed by atoms with Crippen molar-refractivity contribution in [2.24, 2.45) is 0 Å². The van der Waals surface area contributed by atoms with E-state index in [-0.39, 0.29) is 18.2 Å². The van der Waals surface area contributed by atoms with E-state index >= 15 is 0 Å². The van der Waals surface area contributed by atoms with Crippen molar-refractivity contribution in [3.63, 3.8) is 0 Å². The highest BCUT2D eigenvalue weighted by molar-refractivity contribution is 5.94. The van der Waals surface area contributed by atoms with Crippen molar-refractivity contribution in [2.75, 3.05) is 18.6 Å². The molecule has 0 heterocycles. The molecule has 1 aromatic carbocycles. The lowest BCUT2D eigenvalue weighted by atomic mass is 10.2. The number of hydrogen-bond donors (Lipinski definition) is 1. The van der Waals surface area contributed by atoms with Gasteiger partial charge in [0, 0.05) is 31.6 Å². The molecule has 6 heteroatoms. The summed E-state index contributed by atoms with van der Waals surface area (Å²) in [4.78, 5) is 36.4. The van der Waals surface area contributed by atoms with Gasteiger partial charge in [0.2, 0.25) is 11.8 Å². The fourth-order valence-electron chi connectivity index (χ4n) is 2.10. The highest BCUT2D eigenvalue weighted by atomic mass is 16.5. The molecule has 1 fully saturated rings. The van der Waals surface area contributed by atoms with E-state index in [9.17, 15) is 14.4 Å². The predicted molar refractivity (Wildman–Crippen MR) is 81.6 cm³/mol. The van der Waals surface area contributed by atoms with Crippen LogP contribution in [-0.4, -0.2) is 37.5 Å². The lowest BCUT2D eigenvalue weighted by Crippen LogP contribution is -2.34. The van der Waals surface area contributed by atoms with Gasteiger partial charge in [-0.15, -0.1) is 0 Å². The Hall–Kier alpha value is -2.37. The lowest BCUT2D eigenvalue weighted by Gasteiger charge is -2.21. The van der Waals surface area contributed by atoms with Crippen LogP contribution in [0.3, 0.4) is 0 Å². The Labute approximate surface area is 129 Å². The van der Waals surface area contributed by atoms with Crippen molar-refractivity contribution < 1.29 is 19.1 Å². The summed E-state index contributed by atoms with van der Waals surface area (Å²) in [5.41, 5.74) is 1.07. The number of nitrogens with one attached hydrogen (secondary N) is 1. The van der Waals surface area contributed by atoms with Crippen LogP contribution >= 0.6 is 0 Å². The molecule has 0 radical (unpaired) electrons. The first-order valence-electron chi connectivity index (χ1n) is 7.27. The second-order valence-corrected chi connectivity index (χ2v) is 5.30. The number of rotatable bonds is 6. The normalized spacial score (nSPS) is 13.4. The van der Waals surface area contributed by atoms with Gasteiger partial charge in [-0.05, 0) is 37.1 Å². The van der Waals surface area contributed by atoms with Crippen molar-refractivity contribution in [1.29, 1.82) is 0 Å². The molecule has 1 aromatic rings. The molecular weight excluding hydrogens is 284 g/mol. The monoisotopic (exact) mass is 304 g/mol. The number of esters is 1. The molecule has 6 nitrogen and oxygen atoms in total. The number of hydrogen-bond acceptors (Lipinski definition) is 4. The maximum Gasteiger partial charge on any atom is 0.337 e. The minimum absolute atomic E-state index is 0.0417. The van der Waals surface area contributed by atoms with Crippen LogP contribution in [0.15, 0.2) is 24.3 Å². The van der Waals surface area contributed by atoms with E-state index in [1.54, 1.807) is 24.3 Å². The van der Waals surface area contributed by atoms with Gasteiger partial charge in [0.05, 0.1) is 12.7 Å². The Morgan fingerprint density at radius 3 is 2.36 bits per heavy atom. The number of nitrogens with zero attached hydrogens (tertiary/aromatic N) is 1. The minimum Gasteiger partial charge on any atom is -0.465 e. The largest absolute Gasteiger partial charge is 0.465 e. The van der Waals surface area contributed by atoms with E-state index in [0.29, 0.717) is 23.8 Å². The van der Waals surface area contributed by atoms with E-state index in [0.717, 1.165) is 12.8 Å². The van der Waals surface area contributed by atoms with Gasteiger partial charge in [-0.1, -0.05) is 0 Å². The molecule has 22 heavy (non-hydrogen) atoms. The molecule has 0 atom stereocenters. The molecular formula is C16H20N2O4. The zero-order valence-electron chi connectivity index (χ0n) is 12.8. The summed E-state index contributed by atoms with van der Waals surface area (Å²) in [6, 6.07) is 6.86. The maximum absolute atomic E-state index is 11.8. The molecule has 2 amide bonds. The topological polar surface area (TPSA) is 75.7 Å². The van der Waals surface area contributed by atoms with Gasteiger partial charge in [-0.25, -0.2) is 4.79 Å². The summed E-state index contributed by atoms with van der Waals surface area (Å²) >= 11 is 0. The SMILES string of the molecule is COC(=O)c1ccc(N(CCC(=O)NC2CC2)C(C)=O)cc1. The van der Waals surface area contributed by atoms with Gasteiger partial charge in [-0.3, -0.25) is 9.59 Å². The standard InChI is InChI=1S/C16H20N2O4/c1-11(19)18(10-9-15(20)17-13-5-6-13)14-7-3-12(4-8-14)16(21)22-2/h3-4,7-8,13H,5-6,9-10H2,1-2H3,(H,17,20). The van der Waals surface area contributed by atoms with E-state index < -0.39 is 5.97 Å². The van der Waals surface area contributed by atoms with E-state index in [4.69, 9.17) is 0 Å². The summed E-state index contributed by atoms with van der Waals surface area (Å²) in [5, 5.41) is 2.89. The number of ether oxygens (including phenoxy) is 1. The van der Waals surface area contributed by atoms with Gasteiger partial charge in [0.1, 0.15) is 0 Å². The first kappa shape index (κ1) is 16.0. The van der Waals surface area contributed by atoms with Crippen LogP contribution in [0.2, 0.25) is 0 Å². The second-order valence-electron chi connectivity index (χ2n) is 5.30. The van der Waals surface area contributed by atoms with Crippen LogP contribution in [-0.2, 0) is 14.3 Å². The first-order valence-corrected chi connectivity index (χ1v) is 7.27. The Morgan fingerprint density at radius 2 is 1.86 bits per heavy atom. The number of carbonyl (C=O) groups excluding carboxylic acids is 3. The van der Waals surface area contributed by atoms with Crippen LogP contribution in [0.4, 0.5) is 5.69 Å². The average molecular weight is 304 g/mol. The molecule has 1 saturated carbocycles. The molecule has 1 N–H and O–H groups in total. The van der Waals surface area contributed by atoms with Gasteiger partial charge < -0.3 is 15.0 Å². The molecule has 0 aromatic heterocycles. The number of benzene rings is 1. The van der Waals surface area contributed by atoms with Crippen LogP contribution < -0.4 is 10.2 Å². The number of methoxy groups -OCH3 is 1. The van der Waals surface area contributed by atoms with E-state index in [1.165, 1.54) is 18.9 Å². The summed E-state index contributed by atoms with van der Waals surface area (Å²) in [5.74, 6) is -0.616. The fourth-order valence-corrected chi connectivity index (χ4v) is 2.10. The molecule has 0 bridgehead atoms. The summed E-state index contributed by atoms with van der Waals surface area (Å²) in [6.07, 6.45) is 2.34. The Kier molecular flexibility index (Phi) is 5.14. The van der Waals surface area contributed by atoms with Crippen molar-refractivity contribution in [3.05, 3.63) is 29.8 Å². The molecule has 1 aliphatic carbocycles. The molecule has 0 spiro atoms. The first-order chi connectivity index (χ1) is 10.5. The van der Waals surface area contributed by atoms with E-state index in [2.05, 4.69) is 10.1 Å².